The minimum Gasteiger partial charge on any atom is -0.374 e. The van der Waals surface area contributed by atoms with E-state index in [-0.39, 0.29) is 0 Å². The fraction of sp³-hybridized carbons (Fsp3) is 0.385. The van der Waals surface area contributed by atoms with E-state index in [1.807, 2.05) is 18.0 Å². The van der Waals surface area contributed by atoms with Crippen LogP contribution in [0.5, 0.6) is 0 Å². The molecule has 0 bridgehead atoms. The molecule has 0 saturated heterocycles. The first-order valence-corrected chi connectivity index (χ1v) is 5.57. The lowest BCUT2D eigenvalue weighted by molar-refractivity contribution is -0.137. The Morgan fingerprint density at radius 2 is 2.00 bits per heavy atom. The Hall–Kier alpha value is -1.45. The van der Waals surface area contributed by atoms with E-state index in [0.29, 0.717) is 5.56 Å². The highest BCUT2D eigenvalue weighted by atomic mass is 19.4. The van der Waals surface area contributed by atoms with E-state index in [0.717, 1.165) is 31.1 Å². The molecule has 1 nitrogen and oxygen atoms in total. The van der Waals surface area contributed by atoms with Crippen LogP contribution in [0.2, 0.25) is 0 Å². The molecule has 0 unspecified atom stereocenters. The van der Waals surface area contributed by atoms with Crippen LogP contribution in [-0.4, -0.2) is 18.5 Å². The van der Waals surface area contributed by atoms with Crippen molar-refractivity contribution in [3.05, 3.63) is 41.5 Å². The van der Waals surface area contributed by atoms with Gasteiger partial charge in [0.25, 0.3) is 0 Å². The van der Waals surface area contributed by atoms with Crippen LogP contribution in [0.15, 0.2) is 30.3 Å². The molecule has 1 aromatic carbocycles. The number of hydrogen-bond donors (Lipinski definition) is 0. The molecule has 0 amide bonds. The van der Waals surface area contributed by atoms with E-state index in [2.05, 4.69) is 0 Å². The number of hydrogen-bond acceptors (Lipinski definition) is 1. The van der Waals surface area contributed by atoms with E-state index in [4.69, 9.17) is 0 Å². The molecule has 0 fully saturated rings. The Morgan fingerprint density at radius 3 is 2.65 bits per heavy atom. The summed E-state index contributed by atoms with van der Waals surface area (Å²) in [5.74, 6) is 0. The summed E-state index contributed by atoms with van der Waals surface area (Å²) in [6, 6.07) is 5.50. The van der Waals surface area contributed by atoms with E-state index < -0.39 is 11.7 Å². The summed E-state index contributed by atoms with van der Waals surface area (Å²) in [6.45, 7) is 0.891. The van der Waals surface area contributed by atoms with E-state index in [9.17, 15) is 13.2 Å². The first-order chi connectivity index (χ1) is 7.98. The lowest BCUT2D eigenvalue weighted by atomic mass is 10.0. The van der Waals surface area contributed by atoms with Crippen LogP contribution in [0.4, 0.5) is 13.2 Å². The molecular formula is C13H14F3N. The average molecular weight is 241 g/mol. The molecule has 0 N–H and O–H groups in total. The Morgan fingerprint density at radius 1 is 1.24 bits per heavy atom. The van der Waals surface area contributed by atoms with Crippen molar-refractivity contribution < 1.29 is 13.2 Å². The number of alkyl halides is 3. The van der Waals surface area contributed by atoms with Gasteiger partial charge < -0.3 is 4.90 Å². The molecule has 0 aromatic heterocycles. The number of benzene rings is 1. The van der Waals surface area contributed by atoms with Gasteiger partial charge in [0.1, 0.15) is 0 Å². The minimum atomic E-state index is -4.27. The van der Waals surface area contributed by atoms with Crippen LogP contribution < -0.4 is 0 Å². The van der Waals surface area contributed by atoms with Crippen molar-refractivity contribution in [3.63, 3.8) is 0 Å². The summed E-state index contributed by atoms with van der Waals surface area (Å²) < 4.78 is 37.8. The largest absolute Gasteiger partial charge is 0.416 e. The fourth-order valence-electron chi connectivity index (χ4n) is 2.04. The summed E-state index contributed by atoms with van der Waals surface area (Å²) in [4.78, 5) is 2.00. The van der Waals surface area contributed by atoms with Gasteiger partial charge in [-0.2, -0.15) is 13.2 Å². The predicted molar refractivity (Wildman–Crippen MR) is 61.3 cm³/mol. The molecule has 0 atom stereocenters. The highest BCUT2D eigenvalue weighted by Gasteiger charge is 2.30. The Balaban J connectivity index is 2.36. The molecule has 0 spiro atoms. The maximum atomic E-state index is 12.6. The molecule has 1 aliphatic heterocycles. The molecule has 0 saturated carbocycles. The quantitative estimate of drug-likeness (QED) is 0.723. The SMILES string of the molecule is CN1CCCC=C1c1cccc(C(F)(F)F)c1. The van der Waals surface area contributed by atoms with Crippen LogP contribution in [0, 0.1) is 0 Å². The van der Waals surface area contributed by atoms with E-state index in [1.54, 1.807) is 6.07 Å². The topological polar surface area (TPSA) is 3.24 Å². The van der Waals surface area contributed by atoms with Gasteiger partial charge in [0, 0.05) is 19.3 Å². The summed E-state index contributed by atoms with van der Waals surface area (Å²) in [5.41, 5.74) is 0.944. The number of halogens is 3. The first-order valence-electron chi connectivity index (χ1n) is 5.57. The zero-order chi connectivity index (χ0) is 12.5. The highest BCUT2D eigenvalue weighted by Crippen LogP contribution is 2.32. The zero-order valence-corrected chi connectivity index (χ0v) is 9.59. The van der Waals surface area contributed by atoms with Crippen LogP contribution >= 0.6 is 0 Å². The van der Waals surface area contributed by atoms with Crippen molar-refractivity contribution in [2.24, 2.45) is 0 Å². The number of allylic oxidation sites excluding steroid dienone is 1. The van der Waals surface area contributed by atoms with Gasteiger partial charge >= 0.3 is 6.18 Å². The van der Waals surface area contributed by atoms with E-state index >= 15 is 0 Å². The third kappa shape index (κ3) is 2.62. The van der Waals surface area contributed by atoms with Crippen molar-refractivity contribution in [2.45, 2.75) is 19.0 Å². The van der Waals surface area contributed by atoms with Crippen molar-refractivity contribution in [3.8, 4) is 0 Å². The first kappa shape index (κ1) is 12.0. The van der Waals surface area contributed by atoms with Crippen molar-refractivity contribution >= 4 is 5.70 Å². The van der Waals surface area contributed by atoms with Crippen LogP contribution in [0.3, 0.4) is 0 Å². The second kappa shape index (κ2) is 4.43. The van der Waals surface area contributed by atoms with Crippen LogP contribution in [-0.2, 0) is 6.18 Å². The predicted octanol–water partition coefficient (Wildman–Crippen LogP) is 3.77. The van der Waals surface area contributed by atoms with Gasteiger partial charge in [-0.05, 0) is 30.5 Å². The Kier molecular flexibility index (Phi) is 3.13. The van der Waals surface area contributed by atoms with Crippen LogP contribution in [0.25, 0.3) is 5.70 Å². The molecule has 17 heavy (non-hydrogen) atoms. The second-order valence-electron chi connectivity index (χ2n) is 4.23. The smallest absolute Gasteiger partial charge is 0.374 e. The van der Waals surface area contributed by atoms with Gasteiger partial charge in [-0.3, -0.25) is 0 Å². The molecule has 1 aliphatic rings. The maximum Gasteiger partial charge on any atom is 0.416 e. The summed E-state index contributed by atoms with van der Waals surface area (Å²) in [5, 5.41) is 0. The van der Waals surface area contributed by atoms with Gasteiger partial charge in [0.2, 0.25) is 0 Å². The van der Waals surface area contributed by atoms with Crippen molar-refractivity contribution in [1.29, 1.82) is 0 Å². The monoisotopic (exact) mass is 241 g/mol. The molecule has 1 aromatic rings. The summed E-state index contributed by atoms with van der Waals surface area (Å²) in [6.07, 6.45) is -0.294. The summed E-state index contributed by atoms with van der Waals surface area (Å²) >= 11 is 0. The second-order valence-corrected chi connectivity index (χ2v) is 4.23. The normalized spacial score (nSPS) is 16.9. The molecule has 2 rings (SSSR count). The Labute approximate surface area is 98.5 Å². The van der Waals surface area contributed by atoms with Gasteiger partial charge in [0.05, 0.1) is 5.56 Å². The molecule has 0 aliphatic carbocycles. The van der Waals surface area contributed by atoms with Crippen LogP contribution in [0.1, 0.15) is 24.0 Å². The molecule has 92 valence electrons. The Bertz CT molecular complexity index is 435. The zero-order valence-electron chi connectivity index (χ0n) is 9.59. The molecular weight excluding hydrogens is 227 g/mol. The highest BCUT2D eigenvalue weighted by molar-refractivity contribution is 5.65. The van der Waals surface area contributed by atoms with Gasteiger partial charge in [-0.25, -0.2) is 0 Å². The van der Waals surface area contributed by atoms with Gasteiger partial charge in [-0.15, -0.1) is 0 Å². The molecule has 1 heterocycles. The molecule has 4 heteroatoms. The van der Waals surface area contributed by atoms with Crippen molar-refractivity contribution in [1.82, 2.24) is 4.90 Å². The van der Waals surface area contributed by atoms with Gasteiger partial charge in [0.15, 0.2) is 0 Å². The number of nitrogens with zero attached hydrogens (tertiary/aromatic N) is 1. The van der Waals surface area contributed by atoms with Crippen molar-refractivity contribution in [2.75, 3.05) is 13.6 Å². The maximum absolute atomic E-state index is 12.6. The van der Waals surface area contributed by atoms with Gasteiger partial charge in [-0.1, -0.05) is 18.2 Å². The average Bonchev–Trinajstić information content (AvgIpc) is 2.29. The third-order valence-electron chi connectivity index (χ3n) is 2.93. The lowest BCUT2D eigenvalue weighted by Crippen LogP contribution is -2.21. The minimum absolute atomic E-state index is 0.588. The fourth-order valence-corrected chi connectivity index (χ4v) is 2.04. The standard InChI is InChI=1S/C13H14F3N/c1-17-8-3-2-7-12(17)10-5-4-6-11(9-10)13(14,15)16/h4-7,9H,2-3,8H2,1H3. The van der Waals surface area contributed by atoms with E-state index in [1.165, 1.54) is 12.1 Å². The lowest BCUT2D eigenvalue weighted by Gasteiger charge is -2.27. The molecule has 0 radical (unpaired) electrons. The third-order valence-corrected chi connectivity index (χ3v) is 2.93. The number of rotatable bonds is 1. The summed E-state index contributed by atoms with van der Waals surface area (Å²) in [7, 11) is 1.91.